The van der Waals surface area contributed by atoms with E-state index in [0.29, 0.717) is 28.5 Å². The van der Waals surface area contributed by atoms with E-state index in [4.69, 9.17) is 17.3 Å². The summed E-state index contributed by atoms with van der Waals surface area (Å²) in [5, 5.41) is 5.32. The Hall–Kier alpha value is -3.07. The highest BCUT2D eigenvalue weighted by Gasteiger charge is 2.07. The molecule has 0 bridgehead atoms. The normalized spacial score (nSPS) is 10.6. The number of aromatic nitrogens is 1. The summed E-state index contributed by atoms with van der Waals surface area (Å²) in [6, 6.07) is 12.8. The number of hydrogen-bond acceptors (Lipinski definition) is 4. The van der Waals surface area contributed by atoms with E-state index in [1.165, 1.54) is 0 Å². The van der Waals surface area contributed by atoms with Crippen LogP contribution in [0.1, 0.15) is 27.9 Å². The molecule has 0 aliphatic rings. The van der Waals surface area contributed by atoms with Crippen molar-refractivity contribution in [3.63, 3.8) is 0 Å². The molecule has 0 atom stereocenters. The number of rotatable bonds is 5. The number of carbonyl (C=O) groups excluding carboxylic acids is 1. The zero-order valence-corrected chi connectivity index (χ0v) is 17.3. The highest BCUT2D eigenvalue weighted by molar-refractivity contribution is 6.31. The maximum absolute atomic E-state index is 12.4. The molecule has 1 heterocycles. The molecule has 3 rings (SSSR count). The SMILES string of the molecule is CN(C)CCCNC(=O)c1cccc(C#Cc2c(N)ncc3ccc(Cl)cc23)c1. The van der Waals surface area contributed by atoms with Crippen LogP contribution in [0.15, 0.2) is 48.7 Å². The van der Waals surface area contributed by atoms with Gasteiger partial charge in [0.2, 0.25) is 0 Å². The van der Waals surface area contributed by atoms with Gasteiger partial charge in [0.15, 0.2) is 0 Å². The third kappa shape index (κ3) is 5.47. The number of pyridine rings is 1. The average molecular weight is 407 g/mol. The Kier molecular flexibility index (Phi) is 6.71. The molecule has 0 spiro atoms. The molecule has 1 amide bonds. The Balaban J connectivity index is 1.81. The highest BCUT2D eigenvalue weighted by Crippen LogP contribution is 2.24. The number of amides is 1. The number of hydrogen-bond donors (Lipinski definition) is 2. The molecule has 148 valence electrons. The van der Waals surface area contributed by atoms with Crippen LogP contribution in [0.2, 0.25) is 5.02 Å². The molecule has 5 nitrogen and oxygen atoms in total. The predicted molar refractivity (Wildman–Crippen MR) is 119 cm³/mol. The van der Waals surface area contributed by atoms with Crippen LogP contribution in [0.25, 0.3) is 10.8 Å². The van der Waals surface area contributed by atoms with Crippen molar-refractivity contribution < 1.29 is 4.79 Å². The molecule has 1 aromatic heterocycles. The van der Waals surface area contributed by atoms with Gasteiger partial charge in [0.1, 0.15) is 5.82 Å². The predicted octanol–water partition coefficient (Wildman–Crippen LogP) is 3.55. The maximum Gasteiger partial charge on any atom is 0.251 e. The summed E-state index contributed by atoms with van der Waals surface area (Å²) in [4.78, 5) is 18.7. The number of anilines is 1. The topological polar surface area (TPSA) is 71.2 Å². The minimum Gasteiger partial charge on any atom is -0.383 e. The van der Waals surface area contributed by atoms with Crippen molar-refractivity contribution in [2.24, 2.45) is 0 Å². The summed E-state index contributed by atoms with van der Waals surface area (Å²) < 4.78 is 0. The smallest absolute Gasteiger partial charge is 0.251 e. The van der Waals surface area contributed by atoms with Crippen LogP contribution < -0.4 is 11.1 Å². The molecule has 6 heteroatoms. The van der Waals surface area contributed by atoms with E-state index in [1.54, 1.807) is 24.4 Å². The lowest BCUT2D eigenvalue weighted by Gasteiger charge is -2.10. The molecule has 0 saturated carbocycles. The van der Waals surface area contributed by atoms with Crippen molar-refractivity contribution >= 4 is 34.1 Å². The van der Waals surface area contributed by atoms with Crippen molar-refractivity contribution in [3.05, 3.63) is 70.4 Å². The molecule has 2 aromatic carbocycles. The molecule has 29 heavy (non-hydrogen) atoms. The van der Waals surface area contributed by atoms with Crippen molar-refractivity contribution in [3.8, 4) is 11.8 Å². The summed E-state index contributed by atoms with van der Waals surface area (Å²) in [5.41, 5.74) is 7.98. The number of nitrogen functional groups attached to an aromatic ring is 1. The third-order valence-electron chi connectivity index (χ3n) is 4.41. The van der Waals surface area contributed by atoms with Gasteiger partial charge in [0.05, 0.1) is 5.56 Å². The summed E-state index contributed by atoms with van der Waals surface area (Å²) in [7, 11) is 4.02. The van der Waals surface area contributed by atoms with Gasteiger partial charge < -0.3 is 16.0 Å². The van der Waals surface area contributed by atoms with Gasteiger partial charge in [0, 0.05) is 39.7 Å². The zero-order chi connectivity index (χ0) is 20.8. The van der Waals surface area contributed by atoms with E-state index in [9.17, 15) is 4.79 Å². The van der Waals surface area contributed by atoms with Crippen molar-refractivity contribution in [2.45, 2.75) is 6.42 Å². The Morgan fingerprint density at radius 3 is 2.83 bits per heavy atom. The van der Waals surface area contributed by atoms with Crippen LogP contribution >= 0.6 is 11.6 Å². The van der Waals surface area contributed by atoms with Crippen LogP contribution in [0.5, 0.6) is 0 Å². The zero-order valence-electron chi connectivity index (χ0n) is 16.5. The first kappa shape index (κ1) is 20.7. The Labute approximate surface area is 175 Å². The first-order valence-electron chi connectivity index (χ1n) is 9.33. The fraction of sp³-hybridized carbons (Fsp3) is 0.217. The molecular formula is C23H23ClN4O. The van der Waals surface area contributed by atoms with Crippen molar-refractivity contribution in [1.29, 1.82) is 0 Å². The van der Waals surface area contributed by atoms with Gasteiger partial charge in [-0.15, -0.1) is 0 Å². The van der Waals surface area contributed by atoms with E-state index in [-0.39, 0.29) is 5.91 Å². The molecule has 0 saturated heterocycles. The molecule has 3 aromatic rings. The van der Waals surface area contributed by atoms with E-state index < -0.39 is 0 Å². The van der Waals surface area contributed by atoms with Gasteiger partial charge >= 0.3 is 0 Å². The fourth-order valence-corrected chi connectivity index (χ4v) is 3.07. The highest BCUT2D eigenvalue weighted by atomic mass is 35.5. The van der Waals surface area contributed by atoms with E-state index >= 15 is 0 Å². The second-order valence-electron chi connectivity index (χ2n) is 6.99. The Morgan fingerprint density at radius 2 is 2.03 bits per heavy atom. The van der Waals surface area contributed by atoms with E-state index in [0.717, 1.165) is 29.3 Å². The van der Waals surface area contributed by atoms with Gasteiger partial charge in [-0.05, 0) is 57.4 Å². The van der Waals surface area contributed by atoms with Crippen LogP contribution in [-0.4, -0.2) is 43.0 Å². The number of halogens is 1. The Bertz CT molecular complexity index is 1090. The standard InChI is InChI=1S/C23H23ClN4O/c1-28(2)12-4-11-26-23(29)17-6-3-5-16(13-17)7-10-20-21-14-19(24)9-8-18(21)15-27-22(20)25/h3,5-6,8-9,13-15H,4,11-12H2,1-2H3,(H2,25,27)(H,26,29). The Morgan fingerprint density at radius 1 is 1.21 bits per heavy atom. The lowest BCUT2D eigenvalue weighted by molar-refractivity contribution is 0.0952. The molecule has 0 unspecified atom stereocenters. The van der Waals surface area contributed by atoms with Crippen LogP contribution in [0.4, 0.5) is 5.82 Å². The largest absolute Gasteiger partial charge is 0.383 e. The van der Waals surface area contributed by atoms with Crippen molar-refractivity contribution in [1.82, 2.24) is 15.2 Å². The van der Waals surface area contributed by atoms with Gasteiger partial charge in [-0.3, -0.25) is 4.79 Å². The van der Waals surface area contributed by atoms with Crippen molar-refractivity contribution in [2.75, 3.05) is 32.9 Å². The van der Waals surface area contributed by atoms with Crippen LogP contribution in [0, 0.1) is 11.8 Å². The number of fused-ring (bicyclic) bond motifs is 1. The quantitative estimate of drug-likeness (QED) is 0.502. The molecule has 3 N–H and O–H groups in total. The molecule has 0 fully saturated rings. The molecule has 0 aliphatic carbocycles. The molecule has 0 aliphatic heterocycles. The number of nitrogens with one attached hydrogen (secondary N) is 1. The van der Waals surface area contributed by atoms with Crippen LogP contribution in [0.3, 0.4) is 0 Å². The molecular weight excluding hydrogens is 384 g/mol. The second kappa shape index (κ2) is 9.42. The van der Waals surface area contributed by atoms with Gasteiger partial charge in [-0.1, -0.05) is 35.6 Å². The van der Waals surface area contributed by atoms with E-state index in [2.05, 4.69) is 27.0 Å². The van der Waals surface area contributed by atoms with Gasteiger partial charge in [-0.2, -0.15) is 0 Å². The van der Waals surface area contributed by atoms with Crippen LogP contribution in [-0.2, 0) is 0 Å². The maximum atomic E-state index is 12.4. The molecule has 0 radical (unpaired) electrons. The first-order valence-corrected chi connectivity index (χ1v) is 9.70. The van der Waals surface area contributed by atoms with Gasteiger partial charge in [-0.25, -0.2) is 4.98 Å². The summed E-state index contributed by atoms with van der Waals surface area (Å²) in [5.74, 6) is 6.43. The first-order chi connectivity index (χ1) is 13.9. The fourth-order valence-electron chi connectivity index (χ4n) is 2.90. The summed E-state index contributed by atoms with van der Waals surface area (Å²) in [6.07, 6.45) is 2.60. The summed E-state index contributed by atoms with van der Waals surface area (Å²) in [6.45, 7) is 1.56. The minimum atomic E-state index is -0.106. The number of nitrogens with zero attached hydrogens (tertiary/aromatic N) is 2. The minimum absolute atomic E-state index is 0.106. The lowest BCUT2D eigenvalue weighted by Crippen LogP contribution is -2.27. The number of benzene rings is 2. The van der Waals surface area contributed by atoms with E-state index in [1.807, 2.05) is 38.4 Å². The van der Waals surface area contributed by atoms with Gasteiger partial charge in [0.25, 0.3) is 5.91 Å². The number of nitrogens with two attached hydrogens (primary N) is 1. The lowest BCUT2D eigenvalue weighted by atomic mass is 10.1. The second-order valence-corrected chi connectivity index (χ2v) is 7.43. The summed E-state index contributed by atoms with van der Waals surface area (Å²) >= 11 is 6.13. The average Bonchev–Trinajstić information content (AvgIpc) is 2.70. The monoisotopic (exact) mass is 406 g/mol. The number of carbonyl (C=O) groups is 1. The third-order valence-corrected chi connectivity index (χ3v) is 4.64.